The summed E-state index contributed by atoms with van der Waals surface area (Å²) in [5.41, 5.74) is 2.03. The second-order valence-electron chi connectivity index (χ2n) is 9.87. The van der Waals surface area contributed by atoms with E-state index in [1.807, 2.05) is 36.7 Å². The molecule has 14 heteroatoms. The third-order valence-electron chi connectivity index (χ3n) is 6.37. The van der Waals surface area contributed by atoms with Gasteiger partial charge < -0.3 is 14.2 Å². The highest BCUT2D eigenvalue weighted by Crippen LogP contribution is 2.35. The van der Waals surface area contributed by atoms with Gasteiger partial charge in [0.05, 0.1) is 55.8 Å². The van der Waals surface area contributed by atoms with E-state index in [1.165, 1.54) is 12.4 Å². The molecule has 0 amide bonds. The number of ether oxygens (including phenoxy) is 3. The van der Waals surface area contributed by atoms with E-state index in [0.717, 1.165) is 46.8 Å². The van der Waals surface area contributed by atoms with Gasteiger partial charge in [0.25, 0.3) is 20.1 Å². The van der Waals surface area contributed by atoms with Crippen molar-refractivity contribution in [3.63, 3.8) is 0 Å². The van der Waals surface area contributed by atoms with Crippen LogP contribution in [-0.4, -0.2) is 80.3 Å². The van der Waals surface area contributed by atoms with Crippen molar-refractivity contribution in [1.29, 1.82) is 0 Å². The number of hydrogen-bond acceptors (Lipinski definition) is 10. The van der Waals surface area contributed by atoms with Crippen LogP contribution in [0.5, 0.6) is 5.75 Å². The molecule has 3 aromatic rings. The van der Waals surface area contributed by atoms with Crippen molar-refractivity contribution >= 4 is 31.0 Å². The molecule has 12 nitrogen and oxygen atoms in total. The summed E-state index contributed by atoms with van der Waals surface area (Å²) in [6.45, 7) is 5.00. The average molecular weight is 585 g/mol. The standard InChI is InChI=1S/C25H36N4O8S2/c1-18(11-14-36-39(4,32)33)34-13-10-19(2)37-21-8-9-23-22(15-21)25(20-16-26-28(17-20)38(3,30)31)27-29(23)24-7-5-6-12-35-24/h8-9,15-19,24H,5-7,10-14H2,1-4H3/t18-,19+,24?/m0/s1. The van der Waals surface area contributed by atoms with Crippen LogP contribution in [0.3, 0.4) is 0 Å². The zero-order valence-corrected chi connectivity index (χ0v) is 24.3. The molecule has 3 heterocycles. The first kappa shape index (κ1) is 29.5. The van der Waals surface area contributed by atoms with E-state index in [9.17, 15) is 16.8 Å². The molecule has 1 saturated heterocycles. The molecule has 0 saturated carbocycles. The predicted molar refractivity (Wildman–Crippen MR) is 146 cm³/mol. The fraction of sp³-hybridized carbons (Fsp3) is 0.600. The average Bonchev–Trinajstić information content (AvgIpc) is 3.49. The van der Waals surface area contributed by atoms with Crippen molar-refractivity contribution in [1.82, 2.24) is 19.0 Å². The third-order valence-corrected chi connectivity index (χ3v) is 7.84. The molecule has 0 radical (unpaired) electrons. The molecule has 1 fully saturated rings. The van der Waals surface area contributed by atoms with E-state index < -0.39 is 20.1 Å². The molecule has 0 N–H and O–H groups in total. The van der Waals surface area contributed by atoms with Crippen molar-refractivity contribution < 1.29 is 35.2 Å². The molecule has 4 rings (SSSR count). The minimum atomic E-state index is -3.53. The number of aromatic nitrogens is 4. The van der Waals surface area contributed by atoms with Gasteiger partial charge >= 0.3 is 0 Å². The van der Waals surface area contributed by atoms with Crippen molar-refractivity contribution in [3.8, 4) is 17.0 Å². The molecule has 39 heavy (non-hydrogen) atoms. The minimum Gasteiger partial charge on any atom is -0.491 e. The number of fused-ring (bicyclic) bond motifs is 1. The summed E-state index contributed by atoms with van der Waals surface area (Å²) in [5.74, 6) is 0.644. The highest BCUT2D eigenvalue weighted by molar-refractivity contribution is 7.89. The van der Waals surface area contributed by atoms with Gasteiger partial charge in [-0.3, -0.25) is 4.18 Å². The molecule has 3 atom stereocenters. The minimum absolute atomic E-state index is 0.0804. The Balaban J connectivity index is 1.48. The normalized spacial score (nSPS) is 18.3. The highest BCUT2D eigenvalue weighted by atomic mass is 32.2. The molecule has 1 aliphatic heterocycles. The first-order valence-corrected chi connectivity index (χ1v) is 16.6. The summed E-state index contributed by atoms with van der Waals surface area (Å²) >= 11 is 0. The Labute approximate surface area is 229 Å². The molecule has 1 aliphatic rings. The summed E-state index contributed by atoms with van der Waals surface area (Å²) in [4.78, 5) is 0. The van der Waals surface area contributed by atoms with Crippen LogP contribution in [-0.2, 0) is 33.8 Å². The first-order chi connectivity index (χ1) is 18.4. The first-order valence-electron chi connectivity index (χ1n) is 12.9. The number of nitrogens with zero attached hydrogens (tertiary/aromatic N) is 4. The zero-order valence-electron chi connectivity index (χ0n) is 22.6. The lowest BCUT2D eigenvalue weighted by atomic mass is 10.1. The molecule has 1 unspecified atom stereocenters. The summed E-state index contributed by atoms with van der Waals surface area (Å²) in [6.07, 6.45) is 8.53. The summed E-state index contributed by atoms with van der Waals surface area (Å²) in [7, 11) is -6.99. The van der Waals surface area contributed by atoms with Gasteiger partial charge in [-0.25, -0.2) is 13.1 Å². The molecule has 216 valence electrons. The Hall–Kier alpha value is -2.52. The van der Waals surface area contributed by atoms with Crippen molar-refractivity contribution in [2.24, 2.45) is 0 Å². The van der Waals surface area contributed by atoms with Gasteiger partial charge in [0.15, 0.2) is 6.23 Å². The summed E-state index contributed by atoms with van der Waals surface area (Å²) < 4.78 is 71.6. The van der Waals surface area contributed by atoms with Crippen LogP contribution in [0.4, 0.5) is 0 Å². The topological polar surface area (TPSA) is 141 Å². The van der Waals surface area contributed by atoms with Crippen LogP contribution < -0.4 is 4.74 Å². The second-order valence-corrected chi connectivity index (χ2v) is 13.4. The van der Waals surface area contributed by atoms with Gasteiger partial charge in [0.2, 0.25) is 0 Å². The molecular formula is C25H36N4O8S2. The van der Waals surface area contributed by atoms with Gasteiger partial charge in [0.1, 0.15) is 11.4 Å². The van der Waals surface area contributed by atoms with E-state index in [4.69, 9.17) is 23.5 Å². The maximum atomic E-state index is 12.0. The van der Waals surface area contributed by atoms with Crippen molar-refractivity contribution in [2.45, 2.75) is 64.4 Å². The predicted octanol–water partition coefficient (Wildman–Crippen LogP) is 3.34. The fourth-order valence-electron chi connectivity index (χ4n) is 4.33. The smallest absolute Gasteiger partial charge is 0.264 e. The van der Waals surface area contributed by atoms with E-state index >= 15 is 0 Å². The quantitative estimate of drug-likeness (QED) is 0.275. The lowest BCUT2D eigenvalue weighted by Crippen LogP contribution is -2.19. The summed E-state index contributed by atoms with van der Waals surface area (Å²) in [6, 6.07) is 5.72. The monoisotopic (exact) mass is 584 g/mol. The van der Waals surface area contributed by atoms with Crippen LogP contribution in [0.15, 0.2) is 30.6 Å². The van der Waals surface area contributed by atoms with Crippen LogP contribution >= 0.6 is 0 Å². The fourth-order valence-corrected chi connectivity index (χ4v) is 5.25. The molecule has 2 aromatic heterocycles. The van der Waals surface area contributed by atoms with Crippen LogP contribution in [0, 0.1) is 0 Å². The van der Waals surface area contributed by atoms with E-state index in [1.54, 1.807) is 0 Å². The number of rotatable bonds is 13. The lowest BCUT2D eigenvalue weighted by molar-refractivity contribution is -0.0365. The summed E-state index contributed by atoms with van der Waals surface area (Å²) in [5, 5.41) is 9.64. The van der Waals surface area contributed by atoms with Crippen molar-refractivity contribution in [2.75, 3.05) is 32.3 Å². The van der Waals surface area contributed by atoms with E-state index in [0.29, 0.717) is 43.1 Å². The molecule has 0 spiro atoms. The van der Waals surface area contributed by atoms with Crippen LogP contribution in [0.25, 0.3) is 22.2 Å². The molecule has 1 aromatic carbocycles. The van der Waals surface area contributed by atoms with E-state index in [2.05, 4.69) is 5.10 Å². The lowest BCUT2D eigenvalue weighted by Gasteiger charge is -2.23. The molecule has 0 aliphatic carbocycles. The highest BCUT2D eigenvalue weighted by Gasteiger charge is 2.23. The Kier molecular flexibility index (Phi) is 9.32. The zero-order chi connectivity index (χ0) is 28.2. The molecule has 0 bridgehead atoms. The largest absolute Gasteiger partial charge is 0.491 e. The Morgan fingerprint density at radius 1 is 1.08 bits per heavy atom. The molecular weight excluding hydrogens is 548 g/mol. The van der Waals surface area contributed by atoms with Gasteiger partial charge in [-0.15, -0.1) is 0 Å². The van der Waals surface area contributed by atoms with Crippen LogP contribution in [0.2, 0.25) is 0 Å². The van der Waals surface area contributed by atoms with Gasteiger partial charge in [-0.1, -0.05) is 0 Å². The third kappa shape index (κ3) is 8.01. The van der Waals surface area contributed by atoms with Crippen LogP contribution in [0.1, 0.15) is 52.2 Å². The SMILES string of the molecule is C[C@H](CCO[C@@H](C)CCOS(C)(=O)=O)Oc1ccc2c(c1)c(-c1cnn(S(C)(=O)=O)c1)nn2C1CCCCO1. The second kappa shape index (κ2) is 12.3. The number of benzene rings is 1. The van der Waals surface area contributed by atoms with Crippen molar-refractivity contribution in [3.05, 3.63) is 30.6 Å². The van der Waals surface area contributed by atoms with Gasteiger partial charge in [-0.2, -0.15) is 22.7 Å². The number of hydrogen-bond donors (Lipinski definition) is 0. The maximum Gasteiger partial charge on any atom is 0.264 e. The van der Waals surface area contributed by atoms with Gasteiger partial charge in [-0.05, 0) is 57.7 Å². The van der Waals surface area contributed by atoms with E-state index in [-0.39, 0.29) is 25.0 Å². The Morgan fingerprint density at radius 2 is 1.85 bits per heavy atom. The van der Waals surface area contributed by atoms with Gasteiger partial charge in [0, 0.05) is 24.0 Å². The Bertz CT molecular complexity index is 1480. The Morgan fingerprint density at radius 3 is 2.51 bits per heavy atom. The maximum absolute atomic E-state index is 12.0.